The number of aromatic nitrogens is 4. The predicted molar refractivity (Wildman–Crippen MR) is 97.3 cm³/mol. The van der Waals surface area contributed by atoms with E-state index in [1.807, 2.05) is 37.8 Å². The summed E-state index contributed by atoms with van der Waals surface area (Å²) < 4.78 is 7.50. The SMILES string of the molecule is CC[C@H](c1nc(-c2cccc(Cn3nc(C)cc3C)c2)no1)N(C)C. The zero-order valence-electron chi connectivity index (χ0n) is 15.5. The Kier molecular flexibility index (Phi) is 4.99. The van der Waals surface area contributed by atoms with Crippen LogP contribution in [0.1, 0.15) is 42.2 Å². The van der Waals surface area contributed by atoms with E-state index in [0.29, 0.717) is 11.7 Å². The molecule has 1 aromatic carbocycles. The summed E-state index contributed by atoms with van der Waals surface area (Å²) in [7, 11) is 4.04. The molecule has 0 spiro atoms. The Morgan fingerprint density at radius 3 is 2.64 bits per heavy atom. The summed E-state index contributed by atoms with van der Waals surface area (Å²) in [6, 6.07) is 10.4. The zero-order chi connectivity index (χ0) is 18.0. The first-order valence-electron chi connectivity index (χ1n) is 8.58. The van der Waals surface area contributed by atoms with Crippen LogP contribution < -0.4 is 0 Å². The summed E-state index contributed by atoms with van der Waals surface area (Å²) in [5, 5.41) is 8.70. The number of benzene rings is 1. The smallest absolute Gasteiger partial charge is 0.244 e. The number of hydrogen-bond donors (Lipinski definition) is 0. The van der Waals surface area contributed by atoms with Crippen LogP contribution in [0.15, 0.2) is 34.9 Å². The van der Waals surface area contributed by atoms with E-state index in [0.717, 1.165) is 35.5 Å². The molecule has 6 nitrogen and oxygen atoms in total. The molecule has 132 valence electrons. The zero-order valence-corrected chi connectivity index (χ0v) is 15.5. The fourth-order valence-electron chi connectivity index (χ4n) is 3.07. The molecular weight excluding hydrogens is 314 g/mol. The maximum absolute atomic E-state index is 5.49. The molecule has 0 saturated carbocycles. The summed E-state index contributed by atoms with van der Waals surface area (Å²) >= 11 is 0. The van der Waals surface area contributed by atoms with Crippen molar-refractivity contribution in [1.29, 1.82) is 0 Å². The van der Waals surface area contributed by atoms with Crippen molar-refractivity contribution >= 4 is 0 Å². The van der Waals surface area contributed by atoms with E-state index in [4.69, 9.17) is 4.52 Å². The Hall–Kier alpha value is -2.47. The quantitative estimate of drug-likeness (QED) is 0.686. The van der Waals surface area contributed by atoms with Crippen LogP contribution in [0.3, 0.4) is 0 Å². The minimum Gasteiger partial charge on any atom is -0.337 e. The average molecular weight is 339 g/mol. The van der Waals surface area contributed by atoms with Crippen molar-refractivity contribution in [3.63, 3.8) is 0 Å². The standard InChI is InChI=1S/C19H25N5O/c1-6-17(23(4)5)19-20-18(22-25-19)16-9-7-8-15(11-16)12-24-14(3)10-13(2)21-24/h7-11,17H,6,12H2,1-5H3/t17-/m1/s1. The Labute approximate surface area is 148 Å². The molecular formula is C19H25N5O. The summed E-state index contributed by atoms with van der Waals surface area (Å²) in [6.45, 7) is 6.92. The van der Waals surface area contributed by atoms with Gasteiger partial charge in [0.05, 0.1) is 18.3 Å². The molecule has 3 aromatic rings. The minimum absolute atomic E-state index is 0.138. The fourth-order valence-corrected chi connectivity index (χ4v) is 3.07. The van der Waals surface area contributed by atoms with Gasteiger partial charge < -0.3 is 4.52 Å². The van der Waals surface area contributed by atoms with Gasteiger partial charge in [0.2, 0.25) is 11.7 Å². The first kappa shape index (κ1) is 17.4. The van der Waals surface area contributed by atoms with E-state index in [1.165, 1.54) is 0 Å². The molecule has 6 heteroatoms. The molecule has 0 aliphatic rings. The monoisotopic (exact) mass is 339 g/mol. The van der Waals surface area contributed by atoms with Gasteiger partial charge >= 0.3 is 0 Å². The molecule has 0 aliphatic carbocycles. The first-order chi connectivity index (χ1) is 12.0. The highest BCUT2D eigenvalue weighted by atomic mass is 16.5. The highest BCUT2D eigenvalue weighted by Crippen LogP contribution is 2.24. The van der Waals surface area contributed by atoms with E-state index < -0.39 is 0 Å². The highest BCUT2D eigenvalue weighted by Gasteiger charge is 2.19. The second-order valence-corrected chi connectivity index (χ2v) is 6.63. The summed E-state index contributed by atoms with van der Waals surface area (Å²) in [5.74, 6) is 1.29. The van der Waals surface area contributed by atoms with Crippen LogP contribution in [0, 0.1) is 13.8 Å². The van der Waals surface area contributed by atoms with Crippen molar-refractivity contribution in [2.45, 2.75) is 39.8 Å². The summed E-state index contributed by atoms with van der Waals surface area (Å²) in [5.41, 5.74) is 4.31. The Morgan fingerprint density at radius 2 is 2.00 bits per heavy atom. The lowest BCUT2D eigenvalue weighted by atomic mass is 10.1. The van der Waals surface area contributed by atoms with E-state index in [9.17, 15) is 0 Å². The molecule has 0 fully saturated rings. The third-order valence-electron chi connectivity index (χ3n) is 4.36. The average Bonchev–Trinajstić information content (AvgIpc) is 3.15. The number of hydrogen-bond acceptors (Lipinski definition) is 5. The highest BCUT2D eigenvalue weighted by molar-refractivity contribution is 5.55. The number of nitrogens with zero attached hydrogens (tertiary/aromatic N) is 5. The Bertz CT molecular complexity index is 849. The third-order valence-corrected chi connectivity index (χ3v) is 4.36. The molecule has 2 heterocycles. The van der Waals surface area contributed by atoms with Crippen molar-refractivity contribution < 1.29 is 4.52 Å². The Balaban J connectivity index is 1.84. The molecule has 0 aliphatic heterocycles. The summed E-state index contributed by atoms with van der Waals surface area (Å²) in [6.07, 6.45) is 0.923. The summed E-state index contributed by atoms with van der Waals surface area (Å²) in [4.78, 5) is 6.69. The van der Waals surface area contributed by atoms with Gasteiger partial charge in [-0.05, 0) is 52.1 Å². The Morgan fingerprint density at radius 1 is 1.20 bits per heavy atom. The normalized spacial score (nSPS) is 12.7. The van der Waals surface area contributed by atoms with E-state index >= 15 is 0 Å². The number of aryl methyl sites for hydroxylation is 2. The van der Waals surface area contributed by atoms with E-state index in [-0.39, 0.29) is 6.04 Å². The molecule has 3 rings (SSSR count). The topological polar surface area (TPSA) is 60.0 Å². The van der Waals surface area contributed by atoms with E-state index in [1.54, 1.807) is 0 Å². The van der Waals surface area contributed by atoms with Crippen LogP contribution in [0.5, 0.6) is 0 Å². The van der Waals surface area contributed by atoms with Crippen molar-refractivity contribution in [2.24, 2.45) is 0 Å². The van der Waals surface area contributed by atoms with Gasteiger partial charge in [-0.2, -0.15) is 10.1 Å². The molecule has 2 aromatic heterocycles. The van der Waals surface area contributed by atoms with Crippen LogP contribution in [-0.2, 0) is 6.54 Å². The third kappa shape index (κ3) is 3.79. The van der Waals surface area contributed by atoms with Gasteiger partial charge in [-0.25, -0.2) is 0 Å². The first-order valence-corrected chi connectivity index (χ1v) is 8.58. The van der Waals surface area contributed by atoms with Crippen molar-refractivity contribution in [2.75, 3.05) is 14.1 Å². The molecule has 0 amide bonds. The van der Waals surface area contributed by atoms with Crippen LogP contribution in [0.2, 0.25) is 0 Å². The van der Waals surface area contributed by atoms with Gasteiger partial charge in [-0.15, -0.1) is 0 Å². The lowest BCUT2D eigenvalue weighted by Crippen LogP contribution is -2.19. The fraction of sp³-hybridized carbons (Fsp3) is 0.421. The van der Waals surface area contributed by atoms with Crippen LogP contribution in [-0.4, -0.2) is 38.9 Å². The molecule has 0 radical (unpaired) electrons. The van der Waals surface area contributed by atoms with Gasteiger partial charge in [-0.3, -0.25) is 9.58 Å². The van der Waals surface area contributed by atoms with Gasteiger partial charge in [0.25, 0.3) is 0 Å². The number of rotatable bonds is 6. The van der Waals surface area contributed by atoms with Gasteiger partial charge in [0.1, 0.15) is 0 Å². The van der Waals surface area contributed by atoms with Crippen molar-refractivity contribution in [1.82, 2.24) is 24.8 Å². The van der Waals surface area contributed by atoms with Gasteiger partial charge in [-0.1, -0.05) is 30.3 Å². The van der Waals surface area contributed by atoms with Crippen LogP contribution in [0.25, 0.3) is 11.4 Å². The lowest BCUT2D eigenvalue weighted by Gasteiger charge is -2.18. The molecule has 0 bridgehead atoms. The minimum atomic E-state index is 0.138. The molecule has 0 unspecified atom stereocenters. The van der Waals surface area contributed by atoms with Gasteiger partial charge in [0, 0.05) is 11.3 Å². The molecule has 25 heavy (non-hydrogen) atoms. The predicted octanol–water partition coefficient (Wildman–Crippen LogP) is 3.61. The molecule has 0 saturated heterocycles. The van der Waals surface area contributed by atoms with E-state index in [2.05, 4.69) is 52.2 Å². The maximum Gasteiger partial charge on any atom is 0.244 e. The van der Waals surface area contributed by atoms with Crippen molar-refractivity contribution in [3.8, 4) is 11.4 Å². The second-order valence-electron chi connectivity index (χ2n) is 6.63. The molecule has 1 atom stereocenters. The largest absolute Gasteiger partial charge is 0.337 e. The van der Waals surface area contributed by atoms with Gasteiger partial charge in [0.15, 0.2) is 0 Å². The van der Waals surface area contributed by atoms with Crippen LogP contribution in [0.4, 0.5) is 0 Å². The van der Waals surface area contributed by atoms with Crippen LogP contribution >= 0.6 is 0 Å². The lowest BCUT2D eigenvalue weighted by molar-refractivity contribution is 0.224. The van der Waals surface area contributed by atoms with Crippen molar-refractivity contribution in [3.05, 3.63) is 53.2 Å². The molecule has 0 N–H and O–H groups in total. The second kappa shape index (κ2) is 7.19. The maximum atomic E-state index is 5.49.